The maximum Gasteiger partial charge on any atom is 0.407 e. The fraction of sp³-hybridized carbons (Fsp3) is 0.857. The number of aliphatic imine (C=N–C) groups is 1. The summed E-state index contributed by atoms with van der Waals surface area (Å²) in [4.78, 5) is 15.7. The van der Waals surface area contributed by atoms with Crippen molar-refractivity contribution in [2.45, 2.75) is 32.2 Å². The van der Waals surface area contributed by atoms with Gasteiger partial charge in [0.2, 0.25) is 0 Å². The molecule has 0 bridgehead atoms. The lowest BCUT2D eigenvalue weighted by atomic mass is 10.2. The van der Waals surface area contributed by atoms with Crippen LogP contribution >= 0.6 is 0 Å². The summed E-state index contributed by atoms with van der Waals surface area (Å²) in [6.45, 7) is 4.36. The zero-order chi connectivity index (χ0) is 15.5. The summed E-state index contributed by atoms with van der Waals surface area (Å²) in [5, 5.41) is 9.36. The minimum atomic E-state index is -0.348. The van der Waals surface area contributed by atoms with Crippen molar-refractivity contribution in [3.63, 3.8) is 0 Å². The predicted molar refractivity (Wildman–Crippen MR) is 82.5 cm³/mol. The van der Waals surface area contributed by atoms with Crippen LogP contribution in [0.1, 0.15) is 26.2 Å². The van der Waals surface area contributed by atoms with Crippen molar-refractivity contribution >= 4 is 12.1 Å². The lowest BCUT2D eigenvalue weighted by molar-refractivity contribution is 0.146. The molecule has 7 heteroatoms. The van der Waals surface area contributed by atoms with Gasteiger partial charge in [-0.2, -0.15) is 0 Å². The number of alkyl carbamates (subject to hydrolysis) is 1. The molecule has 1 aliphatic carbocycles. The van der Waals surface area contributed by atoms with Crippen molar-refractivity contribution in [1.82, 2.24) is 16.0 Å². The number of nitrogens with one attached hydrogen (secondary N) is 3. The molecule has 0 aromatic rings. The number of amides is 1. The van der Waals surface area contributed by atoms with Crippen LogP contribution < -0.4 is 16.0 Å². The van der Waals surface area contributed by atoms with Gasteiger partial charge in [-0.15, -0.1) is 0 Å². The standard InChI is InChI=1S/C14H28N4O3/c1-4-21-14(19)18-12(11-6-7-11)10-17-13(15-2)16-8-5-9-20-3/h11-12H,4-10H2,1-3H3,(H,18,19)(H2,15,16,17). The maximum absolute atomic E-state index is 11.5. The van der Waals surface area contributed by atoms with E-state index in [0.29, 0.717) is 19.1 Å². The van der Waals surface area contributed by atoms with Crippen LogP contribution in [-0.2, 0) is 9.47 Å². The van der Waals surface area contributed by atoms with E-state index in [0.717, 1.165) is 38.4 Å². The molecular formula is C14H28N4O3. The fourth-order valence-electron chi connectivity index (χ4n) is 2.01. The molecule has 0 radical (unpaired) electrons. The summed E-state index contributed by atoms with van der Waals surface area (Å²) in [5.41, 5.74) is 0. The van der Waals surface area contributed by atoms with Crippen LogP contribution in [0.5, 0.6) is 0 Å². The third kappa shape index (κ3) is 7.75. The van der Waals surface area contributed by atoms with Crippen molar-refractivity contribution in [1.29, 1.82) is 0 Å². The van der Waals surface area contributed by atoms with E-state index in [9.17, 15) is 4.79 Å². The van der Waals surface area contributed by atoms with Gasteiger partial charge in [0.05, 0.1) is 12.6 Å². The Labute approximate surface area is 126 Å². The average molecular weight is 300 g/mol. The Morgan fingerprint density at radius 1 is 1.38 bits per heavy atom. The monoisotopic (exact) mass is 300 g/mol. The molecule has 1 atom stereocenters. The Morgan fingerprint density at radius 3 is 2.71 bits per heavy atom. The number of nitrogens with zero attached hydrogens (tertiary/aromatic N) is 1. The zero-order valence-corrected chi connectivity index (χ0v) is 13.3. The van der Waals surface area contributed by atoms with Gasteiger partial charge in [0.15, 0.2) is 5.96 Å². The van der Waals surface area contributed by atoms with E-state index >= 15 is 0 Å². The highest BCUT2D eigenvalue weighted by molar-refractivity contribution is 5.79. The molecule has 1 saturated carbocycles. The highest BCUT2D eigenvalue weighted by Crippen LogP contribution is 2.32. The Balaban J connectivity index is 2.28. The molecule has 1 aliphatic rings. The Bertz CT molecular complexity index is 332. The van der Waals surface area contributed by atoms with E-state index in [-0.39, 0.29) is 12.1 Å². The van der Waals surface area contributed by atoms with E-state index < -0.39 is 0 Å². The molecule has 122 valence electrons. The Morgan fingerprint density at radius 2 is 2.14 bits per heavy atom. The van der Waals surface area contributed by atoms with Crippen LogP contribution in [-0.4, -0.2) is 58.6 Å². The van der Waals surface area contributed by atoms with Gasteiger partial charge in [-0.05, 0) is 32.1 Å². The molecule has 1 amide bonds. The van der Waals surface area contributed by atoms with Crippen LogP contribution in [0.25, 0.3) is 0 Å². The van der Waals surface area contributed by atoms with Gasteiger partial charge in [-0.25, -0.2) is 4.79 Å². The second-order valence-corrected chi connectivity index (χ2v) is 5.03. The van der Waals surface area contributed by atoms with Gasteiger partial charge in [-0.3, -0.25) is 4.99 Å². The van der Waals surface area contributed by atoms with Gasteiger partial charge in [-0.1, -0.05) is 0 Å². The summed E-state index contributed by atoms with van der Waals surface area (Å²) in [5.74, 6) is 1.27. The van der Waals surface area contributed by atoms with Gasteiger partial charge < -0.3 is 25.4 Å². The normalized spacial score (nSPS) is 16.2. The summed E-state index contributed by atoms with van der Waals surface area (Å²) in [7, 11) is 3.42. The number of hydrogen-bond acceptors (Lipinski definition) is 4. The third-order valence-corrected chi connectivity index (χ3v) is 3.30. The number of hydrogen-bond donors (Lipinski definition) is 3. The highest BCUT2D eigenvalue weighted by Gasteiger charge is 2.32. The molecule has 0 aromatic heterocycles. The number of methoxy groups -OCH3 is 1. The van der Waals surface area contributed by atoms with Crippen LogP contribution in [0.15, 0.2) is 4.99 Å². The summed E-state index contributed by atoms with van der Waals surface area (Å²) in [6.07, 6.45) is 2.88. The van der Waals surface area contributed by atoms with E-state index in [1.54, 1.807) is 21.1 Å². The van der Waals surface area contributed by atoms with Crippen LogP contribution in [0.2, 0.25) is 0 Å². The van der Waals surface area contributed by atoms with Gasteiger partial charge in [0.25, 0.3) is 0 Å². The molecule has 1 fully saturated rings. The molecule has 21 heavy (non-hydrogen) atoms. The quantitative estimate of drug-likeness (QED) is 0.332. The Kier molecular flexibility index (Phi) is 8.57. The first kappa shape index (κ1) is 17.6. The van der Waals surface area contributed by atoms with Crippen molar-refractivity contribution in [3.8, 4) is 0 Å². The van der Waals surface area contributed by atoms with Crippen molar-refractivity contribution in [2.75, 3.05) is 40.5 Å². The molecule has 0 spiro atoms. The van der Waals surface area contributed by atoms with Crippen LogP contribution in [0.4, 0.5) is 4.79 Å². The highest BCUT2D eigenvalue weighted by atomic mass is 16.5. The number of carbonyl (C=O) groups excluding carboxylic acids is 1. The molecule has 0 aliphatic heterocycles. The topological polar surface area (TPSA) is 84.0 Å². The minimum Gasteiger partial charge on any atom is -0.450 e. The average Bonchev–Trinajstić information content (AvgIpc) is 3.30. The molecule has 0 saturated heterocycles. The lowest BCUT2D eigenvalue weighted by Gasteiger charge is -2.20. The smallest absolute Gasteiger partial charge is 0.407 e. The first-order valence-electron chi connectivity index (χ1n) is 7.58. The SMILES string of the molecule is CCOC(=O)NC(CNC(=NC)NCCCOC)C1CC1. The van der Waals surface area contributed by atoms with Crippen molar-refractivity contribution < 1.29 is 14.3 Å². The number of rotatable bonds is 9. The minimum absolute atomic E-state index is 0.0848. The molecule has 1 rings (SSSR count). The van der Waals surface area contributed by atoms with E-state index in [2.05, 4.69) is 20.9 Å². The first-order valence-corrected chi connectivity index (χ1v) is 7.58. The second-order valence-electron chi connectivity index (χ2n) is 5.03. The van der Waals surface area contributed by atoms with Gasteiger partial charge in [0.1, 0.15) is 0 Å². The molecule has 3 N–H and O–H groups in total. The first-order chi connectivity index (χ1) is 10.2. The summed E-state index contributed by atoms with van der Waals surface area (Å²) in [6, 6.07) is 0.0848. The van der Waals surface area contributed by atoms with Gasteiger partial charge in [0, 0.05) is 33.9 Å². The van der Waals surface area contributed by atoms with Crippen molar-refractivity contribution in [2.24, 2.45) is 10.9 Å². The maximum atomic E-state index is 11.5. The van der Waals surface area contributed by atoms with E-state index in [1.165, 1.54) is 0 Å². The zero-order valence-electron chi connectivity index (χ0n) is 13.3. The summed E-state index contributed by atoms with van der Waals surface area (Å²) >= 11 is 0. The Hall–Kier alpha value is -1.50. The van der Waals surface area contributed by atoms with Gasteiger partial charge >= 0.3 is 6.09 Å². The summed E-state index contributed by atoms with van der Waals surface area (Å²) < 4.78 is 9.94. The predicted octanol–water partition coefficient (Wildman–Crippen LogP) is 0.713. The molecule has 1 unspecified atom stereocenters. The lowest BCUT2D eigenvalue weighted by Crippen LogP contribution is -2.48. The van der Waals surface area contributed by atoms with Crippen LogP contribution in [0, 0.1) is 5.92 Å². The second kappa shape index (κ2) is 10.3. The van der Waals surface area contributed by atoms with E-state index in [1.807, 2.05) is 0 Å². The van der Waals surface area contributed by atoms with E-state index in [4.69, 9.17) is 9.47 Å². The number of guanidine groups is 1. The van der Waals surface area contributed by atoms with Crippen molar-refractivity contribution in [3.05, 3.63) is 0 Å². The molecule has 0 heterocycles. The van der Waals surface area contributed by atoms with Crippen LogP contribution in [0.3, 0.4) is 0 Å². The fourth-order valence-corrected chi connectivity index (χ4v) is 2.01. The largest absolute Gasteiger partial charge is 0.450 e. The molecule has 7 nitrogen and oxygen atoms in total. The molecular weight excluding hydrogens is 272 g/mol. The third-order valence-electron chi connectivity index (χ3n) is 3.30. The molecule has 0 aromatic carbocycles. The number of ether oxygens (including phenoxy) is 2. The number of carbonyl (C=O) groups is 1.